The minimum atomic E-state index is -0.211. The quantitative estimate of drug-likeness (QED) is 0.382. The van der Waals surface area contributed by atoms with Gasteiger partial charge in [0.1, 0.15) is 11.8 Å². The molecule has 0 saturated carbocycles. The smallest absolute Gasteiger partial charge is 0.258 e. The first kappa shape index (κ1) is 21.5. The summed E-state index contributed by atoms with van der Waals surface area (Å²) in [7, 11) is 4.84. The van der Waals surface area contributed by atoms with Gasteiger partial charge in [-0.3, -0.25) is 5.01 Å². The van der Waals surface area contributed by atoms with Crippen LogP contribution in [0, 0.1) is 0 Å². The van der Waals surface area contributed by atoms with Crippen molar-refractivity contribution in [1.82, 2.24) is 10.1 Å². The molecule has 1 aromatic heterocycles. The summed E-state index contributed by atoms with van der Waals surface area (Å²) >= 11 is 0. The second-order valence-corrected chi connectivity index (χ2v) is 7.70. The highest BCUT2D eigenvalue weighted by Crippen LogP contribution is 2.37. The third-order valence-electron chi connectivity index (χ3n) is 5.72. The van der Waals surface area contributed by atoms with Crippen LogP contribution in [0.3, 0.4) is 0 Å². The van der Waals surface area contributed by atoms with Gasteiger partial charge in [0.25, 0.3) is 5.89 Å². The standard InChI is InChI=1S/C26H24N4O4/c1-31-20-12-9-17(10-13-20)21-16-22(30(28-21)19-7-5-4-6-8-19)25-27-26(34-29-25)18-11-14-23(32-2)24(15-18)33-3/h4-15,22H,16H2,1-3H3. The van der Waals surface area contributed by atoms with Crippen molar-refractivity contribution in [1.29, 1.82) is 0 Å². The Bertz CT molecular complexity index is 1300. The van der Waals surface area contributed by atoms with Crippen molar-refractivity contribution in [3.8, 4) is 28.7 Å². The fourth-order valence-electron chi connectivity index (χ4n) is 3.94. The minimum Gasteiger partial charge on any atom is -0.497 e. The van der Waals surface area contributed by atoms with E-state index in [2.05, 4.69) is 5.16 Å². The lowest BCUT2D eigenvalue weighted by molar-refractivity contribution is 0.354. The molecule has 0 N–H and O–H groups in total. The number of hydrazone groups is 1. The van der Waals surface area contributed by atoms with Crippen LogP contribution < -0.4 is 19.2 Å². The summed E-state index contributed by atoms with van der Waals surface area (Å²) in [5.74, 6) is 2.99. The highest BCUT2D eigenvalue weighted by atomic mass is 16.5. The van der Waals surface area contributed by atoms with Crippen molar-refractivity contribution in [2.75, 3.05) is 26.3 Å². The third-order valence-corrected chi connectivity index (χ3v) is 5.72. The van der Waals surface area contributed by atoms with Gasteiger partial charge in [-0.25, -0.2) is 0 Å². The Hall–Kier alpha value is -4.33. The molecule has 1 aliphatic heterocycles. The molecule has 1 unspecified atom stereocenters. The first-order valence-corrected chi connectivity index (χ1v) is 10.8. The van der Waals surface area contributed by atoms with Gasteiger partial charge in [0.2, 0.25) is 0 Å². The highest BCUT2D eigenvalue weighted by Gasteiger charge is 2.33. The molecule has 3 aromatic carbocycles. The summed E-state index contributed by atoms with van der Waals surface area (Å²) in [5, 5.41) is 11.2. The summed E-state index contributed by atoms with van der Waals surface area (Å²) in [4.78, 5) is 4.72. The van der Waals surface area contributed by atoms with E-state index in [1.165, 1.54) is 0 Å². The van der Waals surface area contributed by atoms with E-state index >= 15 is 0 Å². The van der Waals surface area contributed by atoms with Crippen LogP contribution in [0.25, 0.3) is 11.5 Å². The van der Waals surface area contributed by atoms with Gasteiger partial charge in [0.15, 0.2) is 17.3 Å². The average Bonchev–Trinajstić information content (AvgIpc) is 3.57. The number of hydrogen-bond acceptors (Lipinski definition) is 8. The van der Waals surface area contributed by atoms with E-state index in [-0.39, 0.29) is 6.04 Å². The minimum absolute atomic E-state index is 0.211. The van der Waals surface area contributed by atoms with Gasteiger partial charge in [0, 0.05) is 12.0 Å². The molecular weight excluding hydrogens is 432 g/mol. The van der Waals surface area contributed by atoms with Gasteiger partial charge < -0.3 is 18.7 Å². The van der Waals surface area contributed by atoms with Gasteiger partial charge in [-0.15, -0.1) is 0 Å². The van der Waals surface area contributed by atoms with Gasteiger partial charge in [0.05, 0.1) is 32.7 Å². The maximum Gasteiger partial charge on any atom is 0.258 e. The number of ether oxygens (including phenoxy) is 3. The molecule has 8 nitrogen and oxygen atoms in total. The van der Waals surface area contributed by atoms with Crippen LogP contribution in [0.15, 0.2) is 82.4 Å². The number of hydrogen-bond donors (Lipinski definition) is 0. The van der Waals surface area contributed by atoms with E-state index in [1.807, 2.05) is 77.8 Å². The number of methoxy groups -OCH3 is 3. The molecule has 8 heteroatoms. The maximum atomic E-state index is 5.64. The number of para-hydroxylation sites is 1. The monoisotopic (exact) mass is 456 g/mol. The molecule has 0 amide bonds. The Balaban J connectivity index is 1.48. The number of nitrogens with zero attached hydrogens (tertiary/aromatic N) is 4. The maximum absolute atomic E-state index is 5.64. The molecular formula is C26H24N4O4. The van der Waals surface area contributed by atoms with Crippen LogP contribution in [0.1, 0.15) is 23.9 Å². The van der Waals surface area contributed by atoms with Crippen molar-refractivity contribution in [3.05, 3.63) is 84.2 Å². The Kier molecular flexibility index (Phi) is 5.86. The van der Waals surface area contributed by atoms with Crippen molar-refractivity contribution in [2.24, 2.45) is 5.10 Å². The zero-order valence-corrected chi connectivity index (χ0v) is 19.1. The normalized spacial score (nSPS) is 15.2. The molecule has 1 aliphatic rings. The van der Waals surface area contributed by atoms with Crippen LogP contribution in [-0.4, -0.2) is 37.2 Å². The Labute approximate surface area is 197 Å². The molecule has 0 radical (unpaired) electrons. The second kappa shape index (κ2) is 9.27. The number of aromatic nitrogens is 2. The Morgan fingerprint density at radius 2 is 1.56 bits per heavy atom. The highest BCUT2D eigenvalue weighted by molar-refractivity contribution is 6.03. The van der Waals surface area contributed by atoms with E-state index in [4.69, 9.17) is 28.8 Å². The van der Waals surface area contributed by atoms with E-state index < -0.39 is 0 Å². The lowest BCUT2D eigenvalue weighted by Crippen LogP contribution is -2.19. The lowest BCUT2D eigenvalue weighted by atomic mass is 10.0. The summed E-state index contributed by atoms with van der Waals surface area (Å²) < 4.78 is 21.7. The molecule has 5 rings (SSSR count). The van der Waals surface area contributed by atoms with Crippen molar-refractivity contribution in [3.63, 3.8) is 0 Å². The van der Waals surface area contributed by atoms with Gasteiger partial charge in [-0.1, -0.05) is 23.4 Å². The lowest BCUT2D eigenvalue weighted by Gasteiger charge is -2.20. The zero-order chi connectivity index (χ0) is 23.5. The topological polar surface area (TPSA) is 82.2 Å². The molecule has 1 atom stereocenters. The SMILES string of the molecule is COc1ccc(C2=NN(c3ccccc3)C(c3noc(-c4ccc(OC)c(OC)c4)n3)C2)cc1. The number of anilines is 1. The van der Waals surface area contributed by atoms with E-state index in [9.17, 15) is 0 Å². The molecule has 0 saturated heterocycles. The van der Waals surface area contributed by atoms with Crippen LogP contribution in [0.2, 0.25) is 0 Å². The first-order valence-electron chi connectivity index (χ1n) is 10.8. The molecule has 4 aromatic rings. The van der Waals surface area contributed by atoms with Crippen molar-refractivity contribution < 1.29 is 18.7 Å². The number of rotatable bonds is 7. The van der Waals surface area contributed by atoms with Gasteiger partial charge in [-0.2, -0.15) is 10.1 Å². The van der Waals surface area contributed by atoms with E-state index in [0.29, 0.717) is 29.6 Å². The van der Waals surface area contributed by atoms with Crippen molar-refractivity contribution in [2.45, 2.75) is 12.5 Å². The summed E-state index contributed by atoms with van der Waals surface area (Å²) in [6, 6.07) is 23.1. The third kappa shape index (κ3) is 4.05. The molecule has 0 aliphatic carbocycles. The van der Waals surface area contributed by atoms with Crippen molar-refractivity contribution >= 4 is 11.4 Å². The molecule has 2 heterocycles. The average molecular weight is 457 g/mol. The molecule has 0 fully saturated rings. The second-order valence-electron chi connectivity index (χ2n) is 7.70. The molecule has 0 bridgehead atoms. The Morgan fingerprint density at radius 1 is 0.824 bits per heavy atom. The van der Waals surface area contributed by atoms with E-state index in [0.717, 1.165) is 28.3 Å². The number of benzene rings is 3. The van der Waals surface area contributed by atoms with Crippen LogP contribution >= 0.6 is 0 Å². The summed E-state index contributed by atoms with van der Waals surface area (Å²) in [5.41, 5.74) is 3.66. The van der Waals surface area contributed by atoms with Gasteiger partial charge in [-0.05, 0) is 60.2 Å². The summed E-state index contributed by atoms with van der Waals surface area (Å²) in [6.45, 7) is 0. The zero-order valence-electron chi connectivity index (χ0n) is 19.1. The van der Waals surface area contributed by atoms with Gasteiger partial charge >= 0.3 is 0 Å². The Morgan fingerprint density at radius 3 is 2.26 bits per heavy atom. The van der Waals surface area contributed by atoms with E-state index in [1.54, 1.807) is 21.3 Å². The van der Waals surface area contributed by atoms with Crippen LogP contribution in [-0.2, 0) is 0 Å². The first-order chi connectivity index (χ1) is 16.7. The summed E-state index contributed by atoms with van der Waals surface area (Å²) in [6.07, 6.45) is 0.631. The fourth-order valence-corrected chi connectivity index (χ4v) is 3.94. The largest absolute Gasteiger partial charge is 0.497 e. The molecule has 0 spiro atoms. The predicted octanol–water partition coefficient (Wildman–Crippen LogP) is 5.12. The fraction of sp³-hybridized carbons (Fsp3) is 0.192. The molecule has 34 heavy (non-hydrogen) atoms. The molecule has 172 valence electrons. The predicted molar refractivity (Wildman–Crippen MR) is 129 cm³/mol. The van der Waals surface area contributed by atoms with Crippen LogP contribution in [0.4, 0.5) is 5.69 Å². The van der Waals surface area contributed by atoms with Crippen LogP contribution in [0.5, 0.6) is 17.2 Å².